The lowest BCUT2D eigenvalue weighted by atomic mass is 9.94. The first-order valence-corrected chi connectivity index (χ1v) is 14.2. The van der Waals surface area contributed by atoms with Crippen LogP contribution in [-0.2, 0) is 24.2 Å². The van der Waals surface area contributed by atoms with Crippen molar-refractivity contribution >= 4 is 49.8 Å². The number of amides is 1. The maximum absolute atomic E-state index is 13.3. The molecule has 0 bridgehead atoms. The van der Waals surface area contributed by atoms with E-state index in [0.717, 1.165) is 16.5 Å². The molecule has 1 aromatic heterocycles. The minimum Gasteiger partial charge on any atom is -0.468 e. The van der Waals surface area contributed by atoms with Gasteiger partial charge in [-0.2, -0.15) is 0 Å². The summed E-state index contributed by atoms with van der Waals surface area (Å²) in [6.07, 6.45) is 4.99. The topological polar surface area (TPSA) is 96.9 Å². The number of piperidine rings is 1. The van der Waals surface area contributed by atoms with E-state index in [-0.39, 0.29) is 42.0 Å². The Bertz CT molecular complexity index is 1360. The van der Waals surface area contributed by atoms with E-state index in [2.05, 4.69) is 9.88 Å². The molecule has 0 N–H and O–H groups in total. The van der Waals surface area contributed by atoms with Crippen molar-refractivity contribution in [3.05, 3.63) is 65.9 Å². The third-order valence-electron chi connectivity index (χ3n) is 6.71. The van der Waals surface area contributed by atoms with Crippen molar-refractivity contribution in [1.82, 2.24) is 9.88 Å². The molecular formula is C27H30ClN3O5S. The van der Waals surface area contributed by atoms with E-state index < -0.39 is 15.8 Å². The van der Waals surface area contributed by atoms with Crippen LogP contribution < -0.4 is 4.90 Å². The van der Waals surface area contributed by atoms with Crippen LogP contribution in [-0.4, -0.2) is 69.2 Å². The number of carbonyl (C=O) groups excluding carboxylic acids is 2. The highest BCUT2D eigenvalue weighted by atomic mass is 35.5. The van der Waals surface area contributed by atoms with E-state index in [9.17, 15) is 18.0 Å². The number of rotatable bonds is 9. The highest BCUT2D eigenvalue weighted by Crippen LogP contribution is 2.26. The van der Waals surface area contributed by atoms with Gasteiger partial charge in [-0.3, -0.25) is 14.6 Å². The van der Waals surface area contributed by atoms with Crippen molar-refractivity contribution in [1.29, 1.82) is 0 Å². The monoisotopic (exact) mass is 543 g/mol. The number of pyridine rings is 1. The zero-order valence-electron chi connectivity index (χ0n) is 20.7. The molecule has 1 aliphatic heterocycles. The smallest absolute Gasteiger partial charge is 0.325 e. The minimum absolute atomic E-state index is 0.139. The van der Waals surface area contributed by atoms with Gasteiger partial charge in [-0.25, -0.2) is 8.42 Å². The van der Waals surface area contributed by atoms with E-state index in [4.69, 9.17) is 16.3 Å². The Labute approximate surface area is 222 Å². The lowest BCUT2D eigenvalue weighted by Crippen LogP contribution is -2.45. The molecule has 10 heteroatoms. The fraction of sp³-hybridized carbons (Fsp3) is 0.370. The number of hydrogen-bond acceptors (Lipinski definition) is 7. The van der Waals surface area contributed by atoms with Crippen LogP contribution in [0.2, 0.25) is 5.02 Å². The van der Waals surface area contributed by atoms with Crippen molar-refractivity contribution in [2.45, 2.75) is 24.2 Å². The van der Waals surface area contributed by atoms with Crippen molar-refractivity contribution < 1.29 is 22.7 Å². The summed E-state index contributed by atoms with van der Waals surface area (Å²) in [7, 11) is -2.31. The summed E-state index contributed by atoms with van der Waals surface area (Å²) >= 11 is 6.02. The fourth-order valence-electron chi connectivity index (χ4n) is 4.64. The molecule has 0 radical (unpaired) electrons. The molecule has 37 heavy (non-hydrogen) atoms. The summed E-state index contributed by atoms with van der Waals surface area (Å²) in [4.78, 5) is 33.3. The molecule has 2 heterocycles. The first-order chi connectivity index (χ1) is 17.8. The van der Waals surface area contributed by atoms with Crippen LogP contribution >= 0.6 is 11.6 Å². The molecule has 3 aromatic rings. The van der Waals surface area contributed by atoms with E-state index >= 15 is 0 Å². The maximum Gasteiger partial charge on any atom is 0.325 e. The Morgan fingerprint density at radius 2 is 1.73 bits per heavy atom. The van der Waals surface area contributed by atoms with E-state index in [1.54, 1.807) is 48.8 Å². The van der Waals surface area contributed by atoms with Crippen molar-refractivity contribution in [2.24, 2.45) is 5.92 Å². The average Bonchev–Trinajstić information content (AvgIpc) is 2.92. The molecule has 0 saturated carbocycles. The van der Waals surface area contributed by atoms with Gasteiger partial charge >= 0.3 is 5.97 Å². The van der Waals surface area contributed by atoms with Gasteiger partial charge in [0, 0.05) is 48.7 Å². The highest BCUT2D eigenvalue weighted by Gasteiger charge is 2.30. The number of hydrogen-bond donors (Lipinski definition) is 0. The second-order valence-corrected chi connectivity index (χ2v) is 11.7. The number of anilines is 1. The van der Waals surface area contributed by atoms with Crippen molar-refractivity contribution in [2.75, 3.05) is 43.9 Å². The summed E-state index contributed by atoms with van der Waals surface area (Å²) in [5, 5.41) is 2.23. The molecule has 2 aromatic carbocycles. The number of fused-ring (bicyclic) bond motifs is 1. The number of aromatic nitrogens is 1. The molecule has 196 valence electrons. The zero-order chi connectivity index (χ0) is 26.4. The largest absolute Gasteiger partial charge is 0.468 e. The zero-order valence-corrected chi connectivity index (χ0v) is 22.2. The number of esters is 1. The fourth-order valence-corrected chi connectivity index (χ4v) is 6.14. The number of benzene rings is 2. The van der Waals surface area contributed by atoms with Crippen LogP contribution in [0.3, 0.4) is 0 Å². The molecule has 1 fully saturated rings. The van der Waals surface area contributed by atoms with E-state index in [0.29, 0.717) is 31.0 Å². The first kappa shape index (κ1) is 26.9. The second-order valence-electron chi connectivity index (χ2n) is 9.13. The summed E-state index contributed by atoms with van der Waals surface area (Å²) in [6, 6.07) is 14.1. The van der Waals surface area contributed by atoms with Gasteiger partial charge in [0.15, 0.2) is 9.84 Å². The Balaban J connectivity index is 1.38. The number of sulfone groups is 1. The summed E-state index contributed by atoms with van der Waals surface area (Å²) < 4.78 is 30.8. The van der Waals surface area contributed by atoms with Gasteiger partial charge in [0.25, 0.3) is 0 Å². The van der Waals surface area contributed by atoms with Gasteiger partial charge in [0.05, 0.1) is 17.8 Å². The van der Waals surface area contributed by atoms with E-state index in [1.807, 2.05) is 12.1 Å². The van der Waals surface area contributed by atoms with Crippen LogP contribution in [0.1, 0.15) is 19.3 Å². The number of nitrogens with zero attached hydrogens (tertiary/aromatic N) is 3. The van der Waals surface area contributed by atoms with Gasteiger partial charge in [0.1, 0.15) is 6.54 Å². The quantitative estimate of drug-likeness (QED) is 0.377. The minimum atomic E-state index is -3.58. The number of carbonyl (C=O) groups is 2. The first-order valence-electron chi connectivity index (χ1n) is 12.2. The van der Waals surface area contributed by atoms with Crippen molar-refractivity contribution in [3.63, 3.8) is 0 Å². The third kappa shape index (κ3) is 6.78. The molecule has 0 aliphatic carbocycles. The normalized spacial score (nSPS) is 14.5. The highest BCUT2D eigenvalue weighted by molar-refractivity contribution is 7.91. The number of ether oxygens (including phenoxy) is 1. The summed E-state index contributed by atoms with van der Waals surface area (Å²) in [5.74, 6) is -1.04. The SMILES string of the molecule is COC(=O)CN(CCCS(=O)(=O)c1ccc2cc(Cl)ccc2c1)C(=O)C1CCN(c2ccncc2)CC1. The molecule has 4 rings (SSSR count). The standard InChI is InChI=1S/C27H30ClN3O5S/c1-36-26(32)19-31(27(33)20-9-14-30(15-10-20)24-7-11-29-12-8-24)13-2-16-37(34,35)25-6-4-21-17-23(28)5-3-22(21)18-25/h3-8,11-12,17-18,20H,2,9-10,13-16,19H2,1H3. The molecule has 1 amide bonds. The van der Waals surface area contributed by atoms with Gasteiger partial charge in [-0.1, -0.05) is 23.7 Å². The molecule has 1 saturated heterocycles. The van der Waals surface area contributed by atoms with E-state index in [1.165, 1.54) is 12.0 Å². The Morgan fingerprint density at radius 1 is 1.05 bits per heavy atom. The van der Waals surface area contributed by atoms with Gasteiger partial charge in [0.2, 0.25) is 5.91 Å². The van der Waals surface area contributed by atoms with Crippen LogP contribution in [0.25, 0.3) is 10.8 Å². The predicted octanol–water partition coefficient (Wildman–Crippen LogP) is 3.97. The maximum atomic E-state index is 13.3. The van der Waals surface area contributed by atoms with Crippen LogP contribution in [0.5, 0.6) is 0 Å². The van der Waals surface area contributed by atoms with Crippen LogP contribution in [0.4, 0.5) is 5.69 Å². The van der Waals surface area contributed by atoms with Gasteiger partial charge in [-0.15, -0.1) is 0 Å². The Hall–Kier alpha value is -3.17. The van der Waals surface area contributed by atoms with Gasteiger partial charge < -0.3 is 14.5 Å². The predicted molar refractivity (Wildman–Crippen MR) is 143 cm³/mol. The molecule has 8 nitrogen and oxygen atoms in total. The molecular weight excluding hydrogens is 514 g/mol. The Morgan fingerprint density at radius 3 is 2.43 bits per heavy atom. The average molecular weight is 544 g/mol. The Kier molecular flexibility index (Phi) is 8.66. The second kappa shape index (κ2) is 11.9. The van der Waals surface area contributed by atoms with Crippen molar-refractivity contribution in [3.8, 4) is 0 Å². The molecule has 0 unspecified atom stereocenters. The van der Waals surface area contributed by atoms with Gasteiger partial charge in [-0.05, 0) is 66.4 Å². The lowest BCUT2D eigenvalue weighted by Gasteiger charge is -2.35. The van der Waals surface area contributed by atoms with Crippen LogP contribution in [0, 0.1) is 5.92 Å². The van der Waals surface area contributed by atoms with Crippen LogP contribution in [0.15, 0.2) is 65.8 Å². The summed E-state index contributed by atoms with van der Waals surface area (Å²) in [6.45, 7) is 1.39. The third-order valence-corrected chi connectivity index (χ3v) is 8.74. The molecule has 0 spiro atoms. The lowest BCUT2D eigenvalue weighted by molar-refractivity contribution is -0.148. The summed E-state index contributed by atoms with van der Waals surface area (Å²) in [5.41, 5.74) is 1.06. The molecule has 0 atom stereocenters. The molecule has 1 aliphatic rings. The number of halogens is 1. The number of methoxy groups -OCH3 is 1.